The molecule has 1 aliphatic heterocycles. The lowest BCUT2D eigenvalue weighted by molar-refractivity contribution is -0.136. The molecule has 4 rings (SSSR count). The summed E-state index contributed by atoms with van der Waals surface area (Å²) in [6.45, 7) is 7.29. The Morgan fingerprint density at radius 1 is 0.929 bits per heavy atom. The zero-order chi connectivity index (χ0) is 30.3. The van der Waals surface area contributed by atoms with Crippen molar-refractivity contribution in [3.8, 4) is 17.2 Å². The maximum Gasteiger partial charge on any atom is 0.379 e. The lowest BCUT2D eigenvalue weighted by Gasteiger charge is -2.19. The molecule has 2 aromatic carbocycles. The summed E-state index contributed by atoms with van der Waals surface area (Å²) in [4.78, 5) is 36.8. The first-order valence-electron chi connectivity index (χ1n) is 13.8. The Hall–Kier alpha value is -4.86. The van der Waals surface area contributed by atoms with Gasteiger partial charge in [0.05, 0.1) is 6.26 Å². The van der Waals surface area contributed by atoms with Gasteiger partial charge < -0.3 is 24.8 Å². The molecule has 0 spiro atoms. The van der Waals surface area contributed by atoms with Crippen molar-refractivity contribution in [2.75, 3.05) is 13.1 Å². The number of rotatable bonds is 12. The van der Waals surface area contributed by atoms with Gasteiger partial charge in [0, 0.05) is 36.4 Å². The zero-order valence-corrected chi connectivity index (χ0v) is 23.9. The molecule has 3 aromatic rings. The highest BCUT2D eigenvalue weighted by molar-refractivity contribution is 6.15. The van der Waals surface area contributed by atoms with E-state index in [0.717, 1.165) is 31.2 Å². The van der Waals surface area contributed by atoms with Crippen LogP contribution in [0.3, 0.4) is 0 Å². The van der Waals surface area contributed by atoms with Gasteiger partial charge in [-0.2, -0.15) is 5.10 Å². The summed E-state index contributed by atoms with van der Waals surface area (Å²) in [7, 11) is 0. The van der Waals surface area contributed by atoms with Gasteiger partial charge in [-0.1, -0.05) is 57.9 Å². The van der Waals surface area contributed by atoms with Crippen molar-refractivity contribution in [1.82, 2.24) is 10.3 Å². The second-order valence-electron chi connectivity index (χ2n) is 10.9. The van der Waals surface area contributed by atoms with Crippen LogP contribution >= 0.6 is 0 Å². The molecule has 10 heteroatoms. The molecule has 1 aromatic heterocycles. The first-order chi connectivity index (χ1) is 20.1. The molecule has 10 nitrogen and oxygen atoms in total. The second-order valence-corrected chi connectivity index (χ2v) is 10.9. The van der Waals surface area contributed by atoms with E-state index in [2.05, 4.69) is 31.3 Å². The molecule has 2 heterocycles. The Balaban J connectivity index is 1.45. The third kappa shape index (κ3) is 7.25. The number of unbranched alkanes of at least 4 members (excludes halogenated alkanes) is 3. The van der Waals surface area contributed by atoms with Crippen LogP contribution in [0.25, 0.3) is 0 Å². The van der Waals surface area contributed by atoms with Crippen LogP contribution in [0, 0.1) is 0 Å². The Morgan fingerprint density at radius 3 is 2.26 bits per heavy atom. The fourth-order valence-electron chi connectivity index (χ4n) is 4.40. The van der Waals surface area contributed by atoms with Gasteiger partial charge in [0.25, 0.3) is 11.8 Å². The number of carbonyl (C=O) groups is 3. The molecule has 3 N–H and O–H groups in total. The number of phenols is 2. The van der Waals surface area contributed by atoms with E-state index in [9.17, 15) is 24.6 Å². The third-order valence-electron chi connectivity index (χ3n) is 6.83. The van der Waals surface area contributed by atoms with E-state index >= 15 is 0 Å². The number of hydrogen-bond acceptors (Lipinski definition) is 9. The van der Waals surface area contributed by atoms with Gasteiger partial charge >= 0.3 is 5.97 Å². The SMILES string of the molecule is CC(C)(C)c1ccc(C(=NNCCCCCCN2C(=O)C=CC2=O)c2ccc(OC(=O)c3ccco3)c(O)c2O)cc1. The van der Waals surface area contributed by atoms with Crippen molar-refractivity contribution < 1.29 is 33.8 Å². The number of phenolic OH excluding ortho intramolecular Hbond substituents is 2. The van der Waals surface area contributed by atoms with Crippen molar-refractivity contribution >= 4 is 23.5 Å². The molecule has 0 radical (unpaired) electrons. The summed E-state index contributed by atoms with van der Waals surface area (Å²) in [6.07, 6.45) is 7.12. The minimum absolute atomic E-state index is 0.0432. The number of carbonyl (C=O) groups excluding carboxylic acids is 3. The molecule has 220 valence electrons. The molecular formula is C32H35N3O7. The number of imide groups is 1. The van der Waals surface area contributed by atoms with Crippen LogP contribution in [0.2, 0.25) is 0 Å². The molecule has 0 saturated heterocycles. The predicted molar refractivity (Wildman–Crippen MR) is 157 cm³/mol. The van der Waals surface area contributed by atoms with Crippen molar-refractivity contribution in [1.29, 1.82) is 0 Å². The van der Waals surface area contributed by atoms with Gasteiger partial charge in [0.2, 0.25) is 11.5 Å². The fraction of sp³-hybridized carbons (Fsp3) is 0.312. The maximum absolute atomic E-state index is 12.3. The van der Waals surface area contributed by atoms with Gasteiger partial charge in [0.1, 0.15) is 5.71 Å². The molecule has 0 atom stereocenters. The van der Waals surface area contributed by atoms with Crippen LogP contribution in [0.4, 0.5) is 0 Å². The lowest BCUT2D eigenvalue weighted by Crippen LogP contribution is -2.30. The average molecular weight is 574 g/mol. The fourth-order valence-corrected chi connectivity index (χ4v) is 4.40. The standard InChI is InChI=1S/C32H35N3O7/c1-32(2,3)22-12-10-21(11-13-22)28(34-33-18-6-4-5-7-19-35-26(36)16-17-27(35)37)23-14-15-24(30(39)29(23)38)42-31(40)25-9-8-20-41-25/h8-17,20,33,38-39H,4-7,18-19H2,1-3H3. The highest BCUT2D eigenvalue weighted by Crippen LogP contribution is 2.39. The number of hydrogen-bond donors (Lipinski definition) is 3. The molecule has 0 unspecified atom stereocenters. The number of esters is 1. The van der Waals surface area contributed by atoms with Gasteiger partial charge in [-0.25, -0.2) is 4.79 Å². The minimum Gasteiger partial charge on any atom is -0.504 e. The van der Waals surface area contributed by atoms with E-state index in [1.165, 1.54) is 47.6 Å². The Kier molecular flexibility index (Phi) is 9.46. The van der Waals surface area contributed by atoms with E-state index in [1.807, 2.05) is 24.3 Å². The van der Waals surface area contributed by atoms with Gasteiger partial charge in [-0.3, -0.25) is 14.5 Å². The lowest BCUT2D eigenvalue weighted by atomic mass is 9.86. The highest BCUT2D eigenvalue weighted by atomic mass is 16.6. The summed E-state index contributed by atoms with van der Waals surface area (Å²) in [5.41, 5.74) is 5.47. The van der Waals surface area contributed by atoms with Crippen LogP contribution in [0.1, 0.15) is 73.7 Å². The summed E-state index contributed by atoms with van der Waals surface area (Å²) in [5.74, 6) is -2.70. The number of amides is 2. The number of nitrogens with one attached hydrogen (secondary N) is 1. The molecule has 2 amide bonds. The number of ether oxygens (including phenoxy) is 1. The molecule has 0 aliphatic carbocycles. The number of hydrazone groups is 1. The van der Waals surface area contributed by atoms with E-state index in [4.69, 9.17) is 9.15 Å². The van der Waals surface area contributed by atoms with E-state index in [-0.39, 0.29) is 34.3 Å². The monoisotopic (exact) mass is 573 g/mol. The molecule has 42 heavy (non-hydrogen) atoms. The number of furan rings is 1. The number of nitrogens with zero attached hydrogens (tertiary/aromatic N) is 2. The minimum atomic E-state index is -0.814. The quantitative estimate of drug-likeness (QED) is 0.0521. The van der Waals surface area contributed by atoms with Crippen molar-refractivity contribution in [2.45, 2.75) is 51.9 Å². The normalized spacial score (nSPS) is 13.6. The highest BCUT2D eigenvalue weighted by Gasteiger charge is 2.23. The molecule has 0 bridgehead atoms. The zero-order valence-electron chi connectivity index (χ0n) is 23.9. The largest absolute Gasteiger partial charge is 0.504 e. The van der Waals surface area contributed by atoms with Crippen LogP contribution in [-0.2, 0) is 15.0 Å². The Bertz CT molecular complexity index is 1470. The molecule has 0 saturated carbocycles. The maximum atomic E-state index is 12.3. The molecule has 1 aliphatic rings. The second kappa shape index (κ2) is 13.2. The first kappa shape index (κ1) is 30.1. The predicted octanol–water partition coefficient (Wildman–Crippen LogP) is 5.03. The Morgan fingerprint density at radius 2 is 1.62 bits per heavy atom. The summed E-state index contributed by atoms with van der Waals surface area (Å²) in [5, 5.41) is 26.2. The van der Waals surface area contributed by atoms with E-state index in [0.29, 0.717) is 24.4 Å². The van der Waals surface area contributed by atoms with Crippen LogP contribution in [-0.4, -0.2) is 51.7 Å². The first-order valence-corrected chi connectivity index (χ1v) is 13.8. The van der Waals surface area contributed by atoms with E-state index in [1.54, 1.807) is 0 Å². The summed E-state index contributed by atoms with van der Waals surface area (Å²) >= 11 is 0. The Labute approximate surface area is 244 Å². The van der Waals surface area contributed by atoms with Gasteiger partial charge in [-0.15, -0.1) is 0 Å². The third-order valence-corrected chi connectivity index (χ3v) is 6.83. The van der Waals surface area contributed by atoms with Crippen molar-refractivity contribution in [2.24, 2.45) is 5.10 Å². The summed E-state index contributed by atoms with van der Waals surface area (Å²) < 4.78 is 10.2. The topological polar surface area (TPSA) is 142 Å². The average Bonchev–Trinajstić information content (AvgIpc) is 3.61. The van der Waals surface area contributed by atoms with E-state index < -0.39 is 17.5 Å². The van der Waals surface area contributed by atoms with Gasteiger partial charge in [0.15, 0.2) is 11.5 Å². The van der Waals surface area contributed by atoms with Crippen LogP contribution in [0.5, 0.6) is 17.2 Å². The van der Waals surface area contributed by atoms with Crippen LogP contribution in [0.15, 0.2) is 76.5 Å². The van der Waals surface area contributed by atoms with Gasteiger partial charge in [-0.05, 0) is 48.1 Å². The molecular weight excluding hydrogens is 538 g/mol. The van der Waals surface area contributed by atoms with Crippen LogP contribution < -0.4 is 10.2 Å². The molecule has 0 fully saturated rings. The number of aromatic hydroxyl groups is 2. The van der Waals surface area contributed by atoms with Crippen molar-refractivity contribution in [3.05, 3.63) is 89.4 Å². The summed E-state index contributed by atoms with van der Waals surface area (Å²) in [6, 6.07) is 13.7. The number of benzene rings is 2. The van der Waals surface area contributed by atoms with Crippen molar-refractivity contribution in [3.63, 3.8) is 0 Å². The smallest absolute Gasteiger partial charge is 0.379 e.